The second-order valence-electron chi connectivity index (χ2n) is 7.24. The number of oxazole rings is 1. The summed E-state index contributed by atoms with van der Waals surface area (Å²) in [4.78, 5) is 21.3. The van der Waals surface area contributed by atoms with Gasteiger partial charge in [-0.25, -0.2) is 4.98 Å². The van der Waals surface area contributed by atoms with Crippen molar-refractivity contribution in [2.45, 2.75) is 6.92 Å². The molecule has 0 saturated carbocycles. The second-order valence-corrected chi connectivity index (χ2v) is 8.19. The predicted octanol–water partition coefficient (Wildman–Crippen LogP) is 4.83. The number of aryl methyl sites for hydroxylation is 1. The van der Waals surface area contributed by atoms with Crippen molar-refractivity contribution in [2.75, 3.05) is 31.1 Å². The van der Waals surface area contributed by atoms with E-state index in [0.29, 0.717) is 5.89 Å². The van der Waals surface area contributed by atoms with Crippen LogP contribution >= 0.6 is 11.3 Å². The van der Waals surface area contributed by atoms with E-state index in [1.807, 2.05) is 30.0 Å². The van der Waals surface area contributed by atoms with E-state index < -0.39 is 0 Å². The number of amides is 1. The normalized spacial score (nSPS) is 14.5. The van der Waals surface area contributed by atoms with Crippen LogP contribution in [0.1, 0.15) is 16.2 Å². The molecule has 0 bridgehead atoms. The molecule has 2 aromatic carbocycles. The minimum absolute atomic E-state index is 0.119. The molecule has 146 valence electrons. The Bertz CT molecular complexity index is 1150. The summed E-state index contributed by atoms with van der Waals surface area (Å²) >= 11 is 1.70. The van der Waals surface area contributed by atoms with Crippen LogP contribution in [-0.4, -0.2) is 42.0 Å². The number of carbonyl (C=O) groups excluding carboxylic acids is 1. The fourth-order valence-corrected chi connectivity index (χ4v) is 4.55. The van der Waals surface area contributed by atoms with Gasteiger partial charge in [0.25, 0.3) is 5.91 Å². The summed E-state index contributed by atoms with van der Waals surface area (Å²) in [5.74, 6) is 1.57. The van der Waals surface area contributed by atoms with Gasteiger partial charge in [-0.3, -0.25) is 4.79 Å². The second kappa shape index (κ2) is 7.37. The molecule has 1 aliphatic heterocycles. The third-order valence-electron chi connectivity index (χ3n) is 5.40. The standard InChI is InChI=1S/C23H21N3O2S/c1-16-24-15-21(28-16)17-2-5-20(6-3-17)25-9-11-26(12-10-25)23(27)19-4-7-22-18(14-19)8-13-29-22/h2-8,13-15H,9-12H2,1H3. The van der Waals surface area contributed by atoms with Crippen molar-refractivity contribution >= 4 is 33.0 Å². The van der Waals surface area contributed by atoms with Crippen molar-refractivity contribution in [1.82, 2.24) is 9.88 Å². The average molecular weight is 404 g/mol. The van der Waals surface area contributed by atoms with Gasteiger partial charge in [0.1, 0.15) is 0 Å². The van der Waals surface area contributed by atoms with E-state index in [-0.39, 0.29) is 5.91 Å². The first-order valence-corrected chi connectivity index (χ1v) is 10.6. The molecule has 0 spiro atoms. The Morgan fingerprint density at radius 1 is 1.03 bits per heavy atom. The van der Waals surface area contributed by atoms with Gasteiger partial charge in [0, 0.05) is 54.6 Å². The van der Waals surface area contributed by atoms with E-state index in [2.05, 4.69) is 45.6 Å². The molecule has 1 amide bonds. The van der Waals surface area contributed by atoms with Crippen LogP contribution in [0.2, 0.25) is 0 Å². The molecule has 0 radical (unpaired) electrons. The predicted molar refractivity (Wildman–Crippen MR) is 117 cm³/mol. The van der Waals surface area contributed by atoms with Crippen molar-refractivity contribution in [3.8, 4) is 11.3 Å². The number of fused-ring (bicyclic) bond motifs is 1. The lowest BCUT2D eigenvalue weighted by Crippen LogP contribution is -2.48. The summed E-state index contributed by atoms with van der Waals surface area (Å²) < 4.78 is 6.81. The van der Waals surface area contributed by atoms with Gasteiger partial charge in [0.15, 0.2) is 11.7 Å². The molecule has 5 rings (SSSR count). The van der Waals surface area contributed by atoms with Crippen LogP contribution in [0.4, 0.5) is 5.69 Å². The summed E-state index contributed by atoms with van der Waals surface area (Å²) in [6.07, 6.45) is 1.75. The zero-order valence-electron chi connectivity index (χ0n) is 16.2. The lowest BCUT2D eigenvalue weighted by molar-refractivity contribution is 0.0747. The van der Waals surface area contributed by atoms with Crippen LogP contribution in [0, 0.1) is 6.92 Å². The summed E-state index contributed by atoms with van der Waals surface area (Å²) in [7, 11) is 0. The molecule has 0 unspecified atom stereocenters. The van der Waals surface area contributed by atoms with Crippen LogP contribution in [0.15, 0.2) is 64.5 Å². The van der Waals surface area contributed by atoms with E-state index in [1.54, 1.807) is 17.5 Å². The highest BCUT2D eigenvalue weighted by molar-refractivity contribution is 7.17. The fraction of sp³-hybridized carbons (Fsp3) is 0.217. The van der Waals surface area contributed by atoms with Gasteiger partial charge >= 0.3 is 0 Å². The molecule has 29 heavy (non-hydrogen) atoms. The number of hydrogen-bond donors (Lipinski definition) is 0. The van der Waals surface area contributed by atoms with Gasteiger partial charge in [0.2, 0.25) is 0 Å². The monoisotopic (exact) mass is 403 g/mol. The van der Waals surface area contributed by atoms with Crippen LogP contribution in [0.3, 0.4) is 0 Å². The van der Waals surface area contributed by atoms with Gasteiger partial charge in [-0.2, -0.15) is 0 Å². The molecule has 0 aliphatic carbocycles. The quantitative estimate of drug-likeness (QED) is 0.492. The average Bonchev–Trinajstić information content (AvgIpc) is 3.42. The summed E-state index contributed by atoms with van der Waals surface area (Å²) in [5.41, 5.74) is 2.96. The van der Waals surface area contributed by atoms with Gasteiger partial charge in [-0.1, -0.05) is 0 Å². The van der Waals surface area contributed by atoms with Crippen molar-refractivity contribution in [3.05, 3.63) is 71.6 Å². The topological polar surface area (TPSA) is 49.6 Å². The first kappa shape index (κ1) is 17.9. The van der Waals surface area contributed by atoms with Gasteiger partial charge in [0.05, 0.1) is 6.20 Å². The Hall–Kier alpha value is -3.12. The Kier molecular flexibility index (Phi) is 4.56. The molecular weight excluding hydrogens is 382 g/mol. The van der Waals surface area contributed by atoms with E-state index in [1.165, 1.54) is 4.70 Å². The largest absolute Gasteiger partial charge is 0.441 e. The Balaban J connectivity index is 1.24. The molecule has 6 heteroatoms. The highest BCUT2D eigenvalue weighted by atomic mass is 32.1. The number of hydrogen-bond acceptors (Lipinski definition) is 5. The maximum atomic E-state index is 12.9. The lowest BCUT2D eigenvalue weighted by Gasteiger charge is -2.36. The first-order chi connectivity index (χ1) is 14.2. The summed E-state index contributed by atoms with van der Waals surface area (Å²) in [6.45, 7) is 4.95. The summed E-state index contributed by atoms with van der Waals surface area (Å²) in [6, 6.07) is 16.4. The van der Waals surface area contributed by atoms with Gasteiger partial charge in [-0.05, 0) is 59.3 Å². The van der Waals surface area contributed by atoms with Crippen LogP contribution < -0.4 is 4.90 Å². The molecule has 1 aliphatic rings. The number of aromatic nitrogens is 1. The minimum Gasteiger partial charge on any atom is -0.441 e. The molecule has 0 N–H and O–H groups in total. The van der Waals surface area contributed by atoms with E-state index in [9.17, 15) is 4.79 Å². The molecule has 1 saturated heterocycles. The molecular formula is C23H21N3O2S. The molecule has 5 nitrogen and oxygen atoms in total. The minimum atomic E-state index is 0.119. The molecule has 2 aromatic heterocycles. The lowest BCUT2D eigenvalue weighted by atomic mass is 10.1. The zero-order chi connectivity index (χ0) is 19.8. The van der Waals surface area contributed by atoms with Crippen molar-refractivity contribution in [1.29, 1.82) is 0 Å². The maximum absolute atomic E-state index is 12.9. The molecule has 0 atom stereocenters. The molecule has 4 aromatic rings. The number of anilines is 1. The number of thiophene rings is 1. The molecule has 1 fully saturated rings. The number of carbonyl (C=O) groups is 1. The Labute approximate surface area is 173 Å². The van der Waals surface area contributed by atoms with E-state index in [0.717, 1.165) is 54.1 Å². The SMILES string of the molecule is Cc1ncc(-c2ccc(N3CCN(C(=O)c4ccc5sccc5c4)CC3)cc2)o1. The van der Waals surface area contributed by atoms with Crippen LogP contribution in [0.5, 0.6) is 0 Å². The molecule has 3 heterocycles. The third-order valence-corrected chi connectivity index (χ3v) is 6.30. The first-order valence-electron chi connectivity index (χ1n) is 9.72. The number of rotatable bonds is 3. The van der Waals surface area contributed by atoms with Crippen LogP contribution in [0.25, 0.3) is 21.4 Å². The maximum Gasteiger partial charge on any atom is 0.253 e. The fourth-order valence-electron chi connectivity index (χ4n) is 3.78. The van der Waals surface area contributed by atoms with Gasteiger partial charge < -0.3 is 14.2 Å². The summed E-state index contributed by atoms with van der Waals surface area (Å²) in [5, 5.41) is 3.20. The highest BCUT2D eigenvalue weighted by Gasteiger charge is 2.22. The third kappa shape index (κ3) is 3.51. The van der Waals surface area contributed by atoms with Crippen molar-refractivity contribution in [3.63, 3.8) is 0 Å². The zero-order valence-corrected chi connectivity index (χ0v) is 17.0. The number of benzene rings is 2. The smallest absolute Gasteiger partial charge is 0.253 e. The highest BCUT2D eigenvalue weighted by Crippen LogP contribution is 2.26. The van der Waals surface area contributed by atoms with Crippen LogP contribution in [-0.2, 0) is 0 Å². The van der Waals surface area contributed by atoms with Gasteiger partial charge in [-0.15, -0.1) is 11.3 Å². The number of nitrogens with zero attached hydrogens (tertiary/aromatic N) is 3. The van der Waals surface area contributed by atoms with Crippen molar-refractivity contribution in [2.24, 2.45) is 0 Å². The van der Waals surface area contributed by atoms with E-state index >= 15 is 0 Å². The van der Waals surface area contributed by atoms with Crippen molar-refractivity contribution < 1.29 is 9.21 Å². The number of piperazine rings is 1. The van der Waals surface area contributed by atoms with E-state index in [4.69, 9.17) is 4.42 Å². The Morgan fingerprint density at radius 3 is 2.55 bits per heavy atom. The Morgan fingerprint density at radius 2 is 1.83 bits per heavy atom.